The van der Waals surface area contributed by atoms with Gasteiger partial charge in [-0.1, -0.05) is 60.1 Å². The smallest absolute Gasteiger partial charge is 0.191 e. The lowest BCUT2D eigenvalue weighted by Crippen LogP contribution is -2.39. The molecule has 0 radical (unpaired) electrons. The molecule has 142 valence electrons. The van der Waals surface area contributed by atoms with E-state index in [0.29, 0.717) is 35.6 Å². The van der Waals surface area contributed by atoms with E-state index in [4.69, 9.17) is 11.6 Å². The maximum atomic E-state index is 12.2. The summed E-state index contributed by atoms with van der Waals surface area (Å²) in [7, 11) is -0.901. The Labute approximate surface area is 180 Å². The Morgan fingerprint density at radius 2 is 1.77 bits per heavy atom. The standard InChI is InChI=1S/C19H24ClN3OS.HI/c1-2-21-19(23-14-17-10-6-7-11-18(17)20)22-12-13-25(24)15-16-8-4-3-5-9-16;/h3-11H,2,12-15H2,1H3,(H2,21,22,23);1H. The van der Waals surface area contributed by atoms with E-state index < -0.39 is 10.8 Å². The number of guanidine groups is 1. The number of benzene rings is 2. The van der Waals surface area contributed by atoms with Crippen LogP contribution in [0, 0.1) is 0 Å². The summed E-state index contributed by atoms with van der Waals surface area (Å²) in [6.45, 7) is 3.89. The summed E-state index contributed by atoms with van der Waals surface area (Å²) >= 11 is 6.16. The van der Waals surface area contributed by atoms with Gasteiger partial charge in [0, 0.05) is 40.4 Å². The van der Waals surface area contributed by atoms with Crippen LogP contribution in [0.3, 0.4) is 0 Å². The molecule has 1 unspecified atom stereocenters. The highest BCUT2D eigenvalue weighted by atomic mass is 127. The topological polar surface area (TPSA) is 53.5 Å². The van der Waals surface area contributed by atoms with Crippen LogP contribution < -0.4 is 10.6 Å². The maximum Gasteiger partial charge on any atom is 0.191 e. The van der Waals surface area contributed by atoms with Crippen molar-refractivity contribution < 1.29 is 4.21 Å². The second-order valence-corrected chi connectivity index (χ2v) is 7.47. The number of rotatable bonds is 8. The summed E-state index contributed by atoms with van der Waals surface area (Å²) < 4.78 is 12.2. The lowest BCUT2D eigenvalue weighted by atomic mass is 10.2. The molecule has 0 saturated carbocycles. The van der Waals surface area contributed by atoms with Crippen molar-refractivity contribution in [2.24, 2.45) is 4.99 Å². The van der Waals surface area contributed by atoms with E-state index in [2.05, 4.69) is 15.6 Å². The van der Waals surface area contributed by atoms with Crippen LogP contribution in [-0.4, -0.2) is 29.0 Å². The van der Waals surface area contributed by atoms with Gasteiger partial charge in [0.25, 0.3) is 0 Å². The van der Waals surface area contributed by atoms with Crippen molar-refractivity contribution >= 4 is 52.3 Å². The predicted octanol–water partition coefficient (Wildman–Crippen LogP) is 3.96. The molecule has 0 aliphatic carbocycles. The average Bonchev–Trinajstić information content (AvgIpc) is 2.61. The fraction of sp³-hybridized carbons (Fsp3) is 0.316. The first-order valence-corrected chi connectivity index (χ1v) is 10.2. The minimum atomic E-state index is -0.901. The van der Waals surface area contributed by atoms with Gasteiger partial charge in [0.15, 0.2) is 5.96 Å². The highest BCUT2D eigenvalue weighted by Crippen LogP contribution is 2.15. The van der Waals surface area contributed by atoms with E-state index in [1.807, 2.05) is 61.5 Å². The van der Waals surface area contributed by atoms with Crippen molar-refractivity contribution in [1.82, 2.24) is 10.6 Å². The molecule has 0 aliphatic rings. The molecule has 2 aromatic rings. The molecular formula is C19H25ClIN3OS. The monoisotopic (exact) mass is 505 g/mol. The molecule has 0 heterocycles. The molecule has 7 heteroatoms. The number of nitrogens with one attached hydrogen (secondary N) is 2. The van der Waals surface area contributed by atoms with Crippen LogP contribution in [0.25, 0.3) is 0 Å². The Morgan fingerprint density at radius 1 is 1.08 bits per heavy atom. The average molecular weight is 506 g/mol. The number of hydrogen-bond acceptors (Lipinski definition) is 2. The maximum absolute atomic E-state index is 12.2. The van der Waals surface area contributed by atoms with Gasteiger partial charge >= 0.3 is 0 Å². The first-order valence-electron chi connectivity index (χ1n) is 8.33. The summed E-state index contributed by atoms with van der Waals surface area (Å²) in [6, 6.07) is 17.6. The van der Waals surface area contributed by atoms with Gasteiger partial charge in [0.2, 0.25) is 0 Å². The Kier molecular flexibility index (Phi) is 11.6. The molecule has 2 rings (SSSR count). The molecule has 0 aliphatic heterocycles. The van der Waals surface area contributed by atoms with E-state index in [9.17, 15) is 4.21 Å². The zero-order valence-electron chi connectivity index (χ0n) is 14.8. The normalized spacial score (nSPS) is 12.2. The number of hydrogen-bond donors (Lipinski definition) is 2. The Bertz CT molecular complexity index is 713. The van der Waals surface area contributed by atoms with Gasteiger partial charge in [0.05, 0.1) is 6.54 Å². The summed E-state index contributed by atoms with van der Waals surface area (Å²) in [6.07, 6.45) is 0. The van der Waals surface area contributed by atoms with Crippen molar-refractivity contribution in [3.8, 4) is 0 Å². The summed E-state index contributed by atoms with van der Waals surface area (Å²) in [5.74, 6) is 1.86. The van der Waals surface area contributed by atoms with E-state index in [1.54, 1.807) is 0 Å². The largest absolute Gasteiger partial charge is 0.357 e. The van der Waals surface area contributed by atoms with Gasteiger partial charge in [-0.2, -0.15) is 0 Å². The predicted molar refractivity (Wildman–Crippen MR) is 123 cm³/mol. The summed E-state index contributed by atoms with van der Waals surface area (Å²) in [5, 5.41) is 7.14. The van der Waals surface area contributed by atoms with Gasteiger partial charge in [-0.05, 0) is 24.1 Å². The van der Waals surface area contributed by atoms with Crippen LogP contribution in [0.5, 0.6) is 0 Å². The van der Waals surface area contributed by atoms with Crippen LogP contribution in [0.15, 0.2) is 59.6 Å². The highest BCUT2D eigenvalue weighted by Gasteiger charge is 2.04. The molecule has 4 nitrogen and oxygen atoms in total. The molecule has 0 amide bonds. The van der Waals surface area contributed by atoms with Crippen molar-refractivity contribution in [3.05, 3.63) is 70.7 Å². The van der Waals surface area contributed by atoms with Crippen LogP contribution in [-0.2, 0) is 23.1 Å². The molecular weight excluding hydrogens is 481 g/mol. The third-order valence-corrected chi connectivity index (χ3v) is 5.19. The molecule has 0 spiro atoms. The summed E-state index contributed by atoms with van der Waals surface area (Å²) in [5.41, 5.74) is 2.08. The van der Waals surface area contributed by atoms with Gasteiger partial charge < -0.3 is 10.6 Å². The summed E-state index contributed by atoms with van der Waals surface area (Å²) in [4.78, 5) is 4.54. The Morgan fingerprint density at radius 3 is 2.46 bits per heavy atom. The minimum Gasteiger partial charge on any atom is -0.357 e. The van der Waals surface area contributed by atoms with Gasteiger partial charge in [-0.15, -0.1) is 24.0 Å². The van der Waals surface area contributed by atoms with E-state index in [0.717, 1.165) is 17.7 Å². The second kappa shape index (κ2) is 13.1. The highest BCUT2D eigenvalue weighted by molar-refractivity contribution is 14.0. The minimum absolute atomic E-state index is 0. The quantitative estimate of drug-likeness (QED) is 0.324. The number of aliphatic imine (C=N–C) groups is 1. The van der Waals surface area contributed by atoms with E-state index in [-0.39, 0.29) is 24.0 Å². The Hall–Kier alpha value is -1.12. The zero-order chi connectivity index (χ0) is 17.9. The molecule has 0 saturated heterocycles. The van der Waals surface area contributed by atoms with Gasteiger partial charge in [0.1, 0.15) is 0 Å². The van der Waals surface area contributed by atoms with Crippen LogP contribution in [0.2, 0.25) is 5.02 Å². The second-order valence-electron chi connectivity index (χ2n) is 5.49. The van der Waals surface area contributed by atoms with Gasteiger partial charge in [-0.25, -0.2) is 4.99 Å². The SMILES string of the molecule is CCNC(=NCc1ccccc1Cl)NCCS(=O)Cc1ccccc1.I. The lowest BCUT2D eigenvalue weighted by molar-refractivity contribution is 0.680. The Balaban J connectivity index is 0.00000338. The van der Waals surface area contributed by atoms with Crippen molar-refractivity contribution in [2.45, 2.75) is 19.2 Å². The zero-order valence-corrected chi connectivity index (χ0v) is 18.7. The van der Waals surface area contributed by atoms with Crippen LogP contribution in [0.1, 0.15) is 18.1 Å². The van der Waals surface area contributed by atoms with E-state index >= 15 is 0 Å². The van der Waals surface area contributed by atoms with Crippen molar-refractivity contribution in [2.75, 3.05) is 18.8 Å². The first kappa shape index (κ1) is 22.9. The fourth-order valence-corrected chi connectivity index (χ4v) is 3.48. The molecule has 2 aromatic carbocycles. The molecule has 0 fully saturated rings. The van der Waals surface area contributed by atoms with Gasteiger partial charge in [-0.3, -0.25) is 4.21 Å². The molecule has 0 bridgehead atoms. The molecule has 1 atom stereocenters. The fourth-order valence-electron chi connectivity index (χ4n) is 2.25. The lowest BCUT2D eigenvalue weighted by Gasteiger charge is -2.11. The van der Waals surface area contributed by atoms with E-state index in [1.165, 1.54) is 0 Å². The van der Waals surface area contributed by atoms with Crippen LogP contribution in [0.4, 0.5) is 0 Å². The first-order chi connectivity index (χ1) is 12.2. The van der Waals surface area contributed by atoms with Crippen molar-refractivity contribution in [1.29, 1.82) is 0 Å². The number of nitrogens with zero attached hydrogens (tertiary/aromatic N) is 1. The third-order valence-electron chi connectivity index (χ3n) is 3.50. The molecule has 0 aromatic heterocycles. The number of halogens is 2. The third kappa shape index (κ3) is 8.51. The molecule has 26 heavy (non-hydrogen) atoms. The van der Waals surface area contributed by atoms with Crippen LogP contribution >= 0.6 is 35.6 Å². The molecule has 2 N–H and O–H groups in total. The van der Waals surface area contributed by atoms with Crippen molar-refractivity contribution in [3.63, 3.8) is 0 Å².